The van der Waals surface area contributed by atoms with Crippen molar-refractivity contribution in [3.63, 3.8) is 0 Å². The standard InChI is InChI=1S/C20H26N2O5S/c1-4-26-20(23)15-22(28(24,25)21(2)3)14-17-10-12-19(13-11-17)27-16-18-8-6-5-7-9-18/h5-13H,4,14-16H2,1-3H3. The van der Waals surface area contributed by atoms with Gasteiger partial charge in [0.25, 0.3) is 10.2 Å². The van der Waals surface area contributed by atoms with Gasteiger partial charge in [-0.25, -0.2) is 0 Å². The van der Waals surface area contributed by atoms with Crippen LogP contribution in [0.2, 0.25) is 0 Å². The summed E-state index contributed by atoms with van der Waals surface area (Å²) < 4.78 is 37.8. The molecule has 0 aromatic heterocycles. The van der Waals surface area contributed by atoms with Gasteiger partial charge >= 0.3 is 5.97 Å². The molecule has 28 heavy (non-hydrogen) atoms. The molecule has 2 aromatic carbocycles. The van der Waals surface area contributed by atoms with E-state index in [9.17, 15) is 13.2 Å². The van der Waals surface area contributed by atoms with Crippen molar-refractivity contribution in [2.45, 2.75) is 20.1 Å². The average Bonchev–Trinajstić information content (AvgIpc) is 2.67. The van der Waals surface area contributed by atoms with Crippen molar-refractivity contribution in [1.29, 1.82) is 0 Å². The molecule has 0 atom stereocenters. The van der Waals surface area contributed by atoms with Crippen LogP contribution in [-0.2, 0) is 32.9 Å². The Morgan fingerprint density at radius 3 is 2.18 bits per heavy atom. The molecule has 0 bridgehead atoms. The van der Waals surface area contributed by atoms with Gasteiger partial charge in [0.1, 0.15) is 18.9 Å². The minimum Gasteiger partial charge on any atom is -0.489 e. The summed E-state index contributed by atoms with van der Waals surface area (Å²) in [4.78, 5) is 11.8. The number of hydrogen-bond acceptors (Lipinski definition) is 5. The molecule has 0 amide bonds. The van der Waals surface area contributed by atoms with Gasteiger partial charge in [0, 0.05) is 20.6 Å². The Morgan fingerprint density at radius 2 is 1.61 bits per heavy atom. The largest absolute Gasteiger partial charge is 0.489 e. The molecule has 0 heterocycles. The van der Waals surface area contributed by atoms with Crippen molar-refractivity contribution in [2.75, 3.05) is 27.2 Å². The fourth-order valence-corrected chi connectivity index (χ4v) is 3.48. The lowest BCUT2D eigenvalue weighted by molar-refractivity contribution is -0.143. The van der Waals surface area contributed by atoms with E-state index in [2.05, 4.69) is 0 Å². The van der Waals surface area contributed by atoms with Crippen LogP contribution in [0.4, 0.5) is 0 Å². The maximum atomic E-state index is 12.5. The molecule has 0 spiro atoms. The summed E-state index contributed by atoms with van der Waals surface area (Å²) in [6, 6.07) is 16.9. The highest BCUT2D eigenvalue weighted by atomic mass is 32.2. The number of esters is 1. The number of benzene rings is 2. The van der Waals surface area contributed by atoms with Crippen LogP contribution in [0.3, 0.4) is 0 Å². The van der Waals surface area contributed by atoms with Crippen molar-refractivity contribution in [1.82, 2.24) is 8.61 Å². The van der Waals surface area contributed by atoms with Crippen LogP contribution < -0.4 is 4.74 Å². The van der Waals surface area contributed by atoms with Gasteiger partial charge in [-0.3, -0.25) is 4.79 Å². The van der Waals surface area contributed by atoms with E-state index in [1.165, 1.54) is 14.1 Å². The second kappa shape index (κ2) is 10.2. The first-order chi connectivity index (χ1) is 13.3. The summed E-state index contributed by atoms with van der Waals surface area (Å²) in [5.41, 5.74) is 1.80. The van der Waals surface area contributed by atoms with Crippen molar-refractivity contribution in [3.8, 4) is 5.75 Å². The Morgan fingerprint density at radius 1 is 0.964 bits per heavy atom. The van der Waals surface area contributed by atoms with Crippen LogP contribution >= 0.6 is 0 Å². The molecule has 0 aliphatic heterocycles. The van der Waals surface area contributed by atoms with Crippen molar-refractivity contribution in [2.24, 2.45) is 0 Å². The number of rotatable bonds is 10. The highest BCUT2D eigenvalue weighted by molar-refractivity contribution is 7.86. The molecule has 7 nitrogen and oxygen atoms in total. The van der Waals surface area contributed by atoms with Crippen molar-refractivity contribution in [3.05, 3.63) is 65.7 Å². The first-order valence-electron chi connectivity index (χ1n) is 8.91. The minimum atomic E-state index is -3.77. The smallest absolute Gasteiger partial charge is 0.321 e. The number of hydrogen-bond donors (Lipinski definition) is 0. The second-order valence-electron chi connectivity index (χ2n) is 6.28. The van der Waals surface area contributed by atoms with Gasteiger partial charge in [0.05, 0.1) is 6.61 Å². The molecule has 0 saturated heterocycles. The van der Waals surface area contributed by atoms with Gasteiger partial charge < -0.3 is 9.47 Å². The average molecular weight is 407 g/mol. The molecule has 0 N–H and O–H groups in total. The highest BCUT2D eigenvalue weighted by Gasteiger charge is 2.27. The van der Waals surface area contributed by atoms with E-state index in [0.717, 1.165) is 19.7 Å². The zero-order valence-corrected chi connectivity index (χ0v) is 17.2. The van der Waals surface area contributed by atoms with E-state index in [1.807, 2.05) is 30.3 Å². The van der Waals surface area contributed by atoms with Gasteiger partial charge in [-0.1, -0.05) is 42.5 Å². The lowest BCUT2D eigenvalue weighted by Gasteiger charge is -2.24. The molecule has 0 aliphatic carbocycles. The second-order valence-corrected chi connectivity index (χ2v) is 8.42. The fourth-order valence-electron chi connectivity index (χ4n) is 2.44. The summed E-state index contributed by atoms with van der Waals surface area (Å²) in [7, 11) is -0.923. The molecule has 2 rings (SSSR count). The predicted molar refractivity (Wildman–Crippen MR) is 107 cm³/mol. The Bertz CT molecular complexity index is 852. The van der Waals surface area contributed by atoms with Crippen LogP contribution in [0, 0.1) is 0 Å². The molecular formula is C20H26N2O5S. The normalized spacial score (nSPS) is 11.6. The number of carbonyl (C=O) groups excluding carboxylic acids is 1. The van der Waals surface area contributed by atoms with Crippen LogP contribution in [0.15, 0.2) is 54.6 Å². The Labute approximate surface area is 166 Å². The third-order valence-corrected chi connectivity index (χ3v) is 5.76. The van der Waals surface area contributed by atoms with Crippen LogP contribution in [0.25, 0.3) is 0 Å². The first-order valence-corrected chi connectivity index (χ1v) is 10.3. The van der Waals surface area contributed by atoms with Crippen LogP contribution in [0.1, 0.15) is 18.1 Å². The van der Waals surface area contributed by atoms with Crippen molar-refractivity contribution >= 4 is 16.2 Å². The quantitative estimate of drug-likeness (QED) is 0.567. The van der Waals surface area contributed by atoms with E-state index in [1.54, 1.807) is 31.2 Å². The molecule has 2 aromatic rings. The van der Waals surface area contributed by atoms with Gasteiger partial charge in [0.2, 0.25) is 0 Å². The van der Waals surface area contributed by atoms with Gasteiger partial charge in [-0.05, 0) is 30.2 Å². The zero-order valence-electron chi connectivity index (χ0n) is 16.4. The van der Waals surface area contributed by atoms with Gasteiger partial charge in [-0.15, -0.1) is 0 Å². The maximum Gasteiger partial charge on any atom is 0.321 e. The number of carbonyl (C=O) groups is 1. The molecule has 0 radical (unpaired) electrons. The Hall–Kier alpha value is -2.42. The SMILES string of the molecule is CCOC(=O)CN(Cc1ccc(OCc2ccccc2)cc1)S(=O)(=O)N(C)C. The summed E-state index contributed by atoms with van der Waals surface area (Å²) in [5.74, 6) is 0.0933. The predicted octanol–water partition coefficient (Wildman–Crippen LogP) is 2.44. The monoisotopic (exact) mass is 406 g/mol. The Balaban J connectivity index is 2.05. The van der Waals surface area contributed by atoms with E-state index in [-0.39, 0.29) is 19.7 Å². The lowest BCUT2D eigenvalue weighted by atomic mass is 10.2. The number of ether oxygens (including phenoxy) is 2. The summed E-state index contributed by atoms with van der Waals surface area (Å²) >= 11 is 0. The van der Waals surface area contributed by atoms with E-state index < -0.39 is 16.2 Å². The molecule has 152 valence electrons. The first kappa shape index (κ1) is 21.9. The molecule has 0 aliphatic rings. The van der Waals surface area contributed by atoms with E-state index in [0.29, 0.717) is 12.4 Å². The fraction of sp³-hybridized carbons (Fsp3) is 0.350. The van der Waals surface area contributed by atoms with Gasteiger partial charge in [-0.2, -0.15) is 17.0 Å². The van der Waals surface area contributed by atoms with E-state index in [4.69, 9.17) is 9.47 Å². The highest BCUT2D eigenvalue weighted by Crippen LogP contribution is 2.17. The van der Waals surface area contributed by atoms with Crippen LogP contribution in [-0.4, -0.2) is 50.2 Å². The zero-order chi connectivity index (χ0) is 20.6. The lowest BCUT2D eigenvalue weighted by Crippen LogP contribution is -2.42. The Kier molecular flexibility index (Phi) is 7.98. The molecule has 0 saturated carbocycles. The van der Waals surface area contributed by atoms with E-state index >= 15 is 0 Å². The van der Waals surface area contributed by atoms with Gasteiger partial charge in [0.15, 0.2) is 0 Å². The van der Waals surface area contributed by atoms with Crippen molar-refractivity contribution < 1.29 is 22.7 Å². The molecule has 0 fully saturated rings. The topological polar surface area (TPSA) is 76.1 Å². The van der Waals surface area contributed by atoms with Crippen LogP contribution in [0.5, 0.6) is 5.75 Å². The summed E-state index contributed by atoms with van der Waals surface area (Å²) in [5, 5.41) is 0. The summed E-state index contributed by atoms with van der Waals surface area (Å²) in [6.07, 6.45) is 0. The molecular weight excluding hydrogens is 380 g/mol. The third-order valence-electron chi connectivity index (χ3n) is 3.93. The number of nitrogens with zero attached hydrogens (tertiary/aromatic N) is 2. The third kappa shape index (κ3) is 6.33. The summed E-state index contributed by atoms with van der Waals surface area (Å²) in [6.45, 7) is 2.03. The minimum absolute atomic E-state index is 0.0539. The molecule has 0 unspecified atom stereocenters. The molecule has 8 heteroatoms. The maximum absolute atomic E-state index is 12.5.